The summed E-state index contributed by atoms with van der Waals surface area (Å²) in [5.74, 6) is -0.306. The maximum absolute atomic E-state index is 10.3. The summed E-state index contributed by atoms with van der Waals surface area (Å²) in [4.78, 5) is 10.3. The minimum Gasteiger partial charge on any atom is -0.478 e. The van der Waals surface area contributed by atoms with Crippen LogP contribution in [-0.4, -0.2) is 31.6 Å². The van der Waals surface area contributed by atoms with Gasteiger partial charge in [-0.3, -0.25) is 0 Å². The van der Waals surface area contributed by atoms with Crippen LogP contribution >= 0.6 is 11.8 Å². The molecule has 0 fully saturated rings. The molecule has 6 heteroatoms. The highest BCUT2D eigenvalue weighted by Gasteiger charge is 2.02. The van der Waals surface area contributed by atoms with Crippen molar-refractivity contribution in [3.05, 3.63) is 18.0 Å². The van der Waals surface area contributed by atoms with E-state index in [9.17, 15) is 4.79 Å². The minimum absolute atomic E-state index is 0.610. The molecule has 0 aliphatic heterocycles. The molecule has 0 atom stereocenters. The standard InChI is InChI=1S/C8H11N3O2S/c1-6(3-7(12)13)4-14-8-10-9-5-11(8)2/h3,5H,4H2,1-2H3,(H,12,13). The van der Waals surface area contributed by atoms with Gasteiger partial charge < -0.3 is 9.67 Å². The van der Waals surface area contributed by atoms with Crippen LogP contribution in [0.15, 0.2) is 23.1 Å². The van der Waals surface area contributed by atoms with E-state index in [4.69, 9.17) is 5.11 Å². The number of aryl methyl sites for hydroxylation is 1. The molecule has 0 aliphatic carbocycles. The van der Waals surface area contributed by atoms with Gasteiger partial charge >= 0.3 is 5.97 Å². The van der Waals surface area contributed by atoms with Crippen LogP contribution in [0.5, 0.6) is 0 Å². The largest absolute Gasteiger partial charge is 0.478 e. The number of carboxylic acids is 1. The van der Waals surface area contributed by atoms with Gasteiger partial charge in [0.05, 0.1) is 0 Å². The van der Waals surface area contributed by atoms with E-state index in [0.717, 1.165) is 10.7 Å². The van der Waals surface area contributed by atoms with Gasteiger partial charge in [-0.15, -0.1) is 10.2 Å². The van der Waals surface area contributed by atoms with E-state index in [1.165, 1.54) is 17.8 Å². The Labute approximate surface area is 85.8 Å². The third kappa shape index (κ3) is 3.21. The molecular formula is C8H11N3O2S. The predicted octanol–water partition coefficient (Wildman–Crippen LogP) is 0.938. The number of carboxylic acid groups (broad SMARTS) is 1. The molecule has 0 unspecified atom stereocenters. The monoisotopic (exact) mass is 213 g/mol. The molecule has 0 aliphatic rings. The molecule has 5 nitrogen and oxygen atoms in total. The van der Waals surface area contributed by atoms with Crippen molar-refractivity contribution in [1.29, 1.82) is 0 Å². The molecule has 0 saturated heterocycles. The summed E-state index contributed by atoms with van der Waals surface area (Å²) in [7, 11) is 1.85. The Morgan fingerprint density at radius 2 is 2.50 bits per heavy atom. The normalized spacial score (nSPS) is 11.7. The van der Waals surface area contributed by atoms with E-state index < -0.39 is 5.97 Å². The summed E-state index contributed by atoms with van der Waals surface area (Å²) in [6, 6.07) is 0. The molecule has 1 rings (SSSR count). The highest BCUT2D eigenvalue weighted by atomic mass is 32.2. The van der Waals surface area contributed by atoms with E-state index >= 15 is 0 Å². The van der Waals surface area contributed by atoms with Gasteiger partial charge in [0.15, 0.2) is 5.16 Å². The maximum Gasteiger partial charge on any atom is 0.328 e. The highest BCUT2D eigenvalue weighted by molar-refractivity contribution is 7.99. The molecule has 1 aromatic rings. The zero-order chi connectivity index (χ0) is 10.6. The van der Waals surface area contributed by atoms with Crippen molar-refractivity contribution in [3.8, 4) is 0 Å². The van der Waals surface area contributed by atoms with Gasteiger partial charge in [-0.2, -0.15) is 0 Å². The Morgan fingerprint density at radius 1 is 1.79 bits per heavy atom. The Balaban J connectivity index is 2.49. The number of aromatic nitrogens is 3. The van der Waals surface area contributed by atoms with Gasteiger partial charge in [-0.1, -0.05) is 17.3 Å². The Morgan fingerprint density at radius 3 is 3.00 bits per heavy atom. The SMILES string of the molecule is CC(=CC(=O)O)CSc1nncn1C. The van der Waals surface area contributed by atoms with Gasteiger partial charge in [0.25, 0.3) is 0 Å². The number of rotatable bonds is 4. The smallest absolute Gasteiger partial charge is 0.328 e. The van der Waals surface area contributed by atoms with Crippen molar-refractivity contribution in [2.45, 2.75) is 12.1 Å². The number of thioether (sulfide) groups is 1. The maximum atomic E-state index is 10.3. The molecule has 1 heterocycles. The second kappa shape index (κ2) is 4.80. The van der Waals surface area contributed by atoms with Crippen LogP contribution in [0.2, 0.25) is 0 Å². The summed E-state index contributed by atoms with van der Waals surface area (Å²) < 4.78 is 1.79. The number of hydrogen-bond acceptors (Lipinski definition) is 4. The average molecular weight is 213 g/mol. The number of nitrogens with zero attached hydrogens (tertiary/aromatic N) is 3. The second-order valence-electron chi connectivity index (χ2n) is 2.84. The van der Waals surface area contributed by atoms with E-state index in [-0.39, 0.29) is 0 Å². The first kappa shape index (κ1) is 10.8. The number of aliphatic carboxylic acids is 1. The topological polar surface area (TPSA) is 68.0 Å². The zero-order valence-corrected chi connectivity index (χ0v) is 8.78. The van der Waals surface area contributed by atoms with Crippen LogP contribution in [-0.2, 0) is 11.8 Å². The van der Waals surface area contributed by atoms with Crippen LogP contribution in [0, 0.1) is 0 Å². The first-order chi connectivity index (χ1) is 6.59. The lowest BCUT2D eigenvalue weighted by Gasteiger charge is -1.99. The van der Waals surface area contributed by atoms with Crippen LogP contribution in [0.25, 0.3) is 0 Å². The van der Waals surface area contributed by atoms with Crippen molar-refractivity contribution in [3.63, 3.8) is 0 Å². The Hall–Kier alpha value is -1.30. The summed E-state index contributed by atoms with van der Waals surface area (Å²) in [6.07, 6.45) is 2.81. The minimum atomic E-state index is -0.916. The molecule has 0 spiro atoms. The molecule has 0 radical (unpaired) electrons. The molecule has 0 saturated carbocycles. The average Bonchev–Trinajstić information content (AvgIpc) is 2.46. The fourth-order valence-corrected chi connectivity index (χ4v) is 1.63. The molecule has 14 heavy (non-hydrogen) atoms. The summed E-state index contributed by atoms with van der Waals surface area (Å²) in [5.41, 5.74) is 0.797. The van der Waals surface area contributed by atoms with Crippen molar-refractivity contribution in [2.24, 2.45) is 7.05 Å². The summed E-state index contributed by atoms with van der Waals surface area (Å²) in [6.45, 7) is 1.78. The van der Waals surface area contributed by atoms with Crippen LogP contribution in [0.4, 0.5) is 0 Å². The van der Waals surface area contributed by atoms with Crippen molar-refractivity contribution >= 4 is 17.7 Å². The summed E-state index contributed by atoms with van der Waals surface area (Å²) in [5, 5.41) is 16.8. The lowest BCUT2D eigenvalue weighted by molar-refractivity contribution is -0.131. The van der Waals surface area contributed by atoms with E-state index in [2.05, 4.69) is 10.2 Å². The molecule has 0 amide bonds. The van der Waals surface area contributed by atoms with Gasteiger partial charge in [0, 0.05) is 18.9 Å². The lowest BCUT2D eigenvalue weighted by Crippen LogP contribution is -1.94. The van der Waals surface area contributed by atoms with Gasteiger partial charge in [0.1, 0.15) is 6.33 Å². The first-order valence-electron chi connectivity index (χ1n) is 3.96. The van der Waals surface area contributed by atoms with Crippen LogP contribution in [0.3, 0.4) is 0 Å². The van der Waals surface area contributed by atoms with Crippen molar-refractivity contribution < 1.29 is 9.90 Å². The molecule has 0 aromatic carbocycles. The fraction of sp³-hybridized carbons (Fsp3) is 0.375. The molecule has 0 bridgehead atoms. The fourth-order valence-electron chi connectivity index (χ4n) is 0.834. The van der Waals surface area contributed by atoms with Gasteiger partial charge in [-0.05, 0) is 6.92 Å². The van der Waals surface area contributed by atoms with Crippen molar-refractivity contribution in [1.82, 2.24) is 14.8 Å². The zero-order valence-electron chi connectivity index (χ0n) is 7.97. The molecule has 1 N–H and O–H groups in total. The first-order valence-corrected chi connectivity index (χ1v) is 4.95. The molecular weight excluding hydrogens is 202 g/mol. The number of carbonyl (C=O) groups is 1. The Kier molecular flexibility index (Phi) is 3.70. The number of hydrogen-bond donors (Lipinski definition) is 1. The quantitative estimate of drug-likeness (QED) is 0.595. The third-order valence-electron chi connectivity index (χ3n) is 1.47. The van der Waals surface area contributed by atoms with Crippen LogP contribution < -0.4 is 0 Å². The lowest BCUT2D eigenvalue weighted by atomic mass is 10.3. The second-order valence-corrected chi connectivity index (χ2v) is 3.78. The van der Waals surface area contributed by atoms with Crippen molar-refractivity contribution in [2.75, 3.05) is 5.75 Å². The van der Waals surface area contributed by atoms with E-state index in [1.807, 2.05) is 7.05 Å². The predicted molar refractivity (Wildman–Crippen MR) is 53.1 cm³/mol. The van der Waals surface area contributed by atoms with Gasteiger partial charge in [0.2, 0.25) is 0 Å². The van der Waals surface area contributed by atoms with Gasteiger partial charge in [-0.25, -0.2) is 4.79 Å². The summed E-state index contributed by atoms with van der Waals surface area (Å²) >= 11 is 1.46. The third-order valence-corrected chi connectivity index (χ3v) is 2.70. The Bertz CT molecular complexity index is 359. The van der Waals surface area contributed by atoms with E-state index in [0.29, 0.717) is 5.75 Å². The van der Waals surface area contributed by atoms with Crippen LogP contribution in [0.1, 0.15) is 6.92 Å². The molecule has 1 aromatic heterocycles. The van der Waals surface area contributed by atoms with E-state index in [1.54, 1.807) is 17.8 Å². The highest BCUT2D eigenvalue weighted by Crippen LogP contribution is 2.16. The molecule has 76 valence electrons.